The molecule has 1 aliphatic rings. The van der Waals surface area contributed by atoms with Gasteiger partial charge in [0.05, 0.1) is 11.0 Å². The summed E-state index contributed by atoms with van der Waals surface area (Å²) in [5, 5.41) is 14.5. The zero-order valence-corrected chi connectivity index (χ0v) is 22.3. The van der Waals surface area contributed by atoms with Crippen molar-refractivity contribution in [2.45, 2.75) is 5.41 Å². The van der Waals surface area contributed by atoms with Crippen LogP contribution in [0.5, 0.6) is 0 Å². The Morgan fingerprint density at radius 1 is 0.537 bits per heavy atom. The van der Waals surface area contributed by atoms with Crippen molar-refractivity contribution in [2.75, 3.05) is 0 Å². The molecule has 1 aromatic heterocycles. The number of hydrogen-bond donors (Lipinski definition) is 0. The number of hydrogen-bond acceptors (Lipinski definition) is 2. The zero-order chi connectivity index (χ0) is 27.4. The van der Waals surface area contributed by atoms with Crippen LogP contribution in [0.1, 0.15) is 27.8 Å². The van der Waals surface area contributed by atoms with E-state index in [0.717, 1.165) is 16.5 Å². The molecular formula is C39H24N2. The quantitative estimate of drug-likeness (QED) is 0.233. The van der Waals surface area contributed by atoms with Gasteiger partial charge in [0, 0.05) is 18.0 Å². The molecule has 8 rings (SSSR count). The molecule has 0 unspecified atom stereocenters. The lowest BCUT2D eigenvalue weighted by Crippen LogP contribution is -2.28. The highest BCUT2D eigenvalue weighted by Crippen LogP contribution is 2.60. The molecule has 0 saturated heterocycles. The number of aromatic nitrogens is 1. The Morgan fingerprint density at radius 2 is 1.15 bits per heavy atom. The van der Waals surface area contributed by atoms with Gasteiger partial charge in [-0.1, -0.05) is 121 Å². The fraction of sp³-hybridized carbons (Fsp3) is 0.0256. The van der Waals surface area contributed by atoms with Gasteiger partial charge in [-0.3, -0.25) is 4.98 Å². The van der Waals surface area contributed by atoms with Crippen molar-refractivity contribution >= 4 is 21.5 Å². The van der Waals surface area contributed by atoms with E-state index in [1.54, 1.807) is 6.20 Å². The van der Waals surface area contributed by atoms with Crippen LogP contribution in [-0.2, 0) is 5.41 Å². The standard InChI is InChI=1S/C39H24N2/c40-23-26-21-28(25-41-24-26)34-22-36-38(33-18-10-9-17-32(33)34)37-31-16-8-7-11-27(31)19-20-35(37)39(36,29-12-3-1-4-13-29)30-14-5-2-6-15-30/h1-22,24-25H. The van der Waals surface area contributed by atoms with Gasteiger partial charge < -0.3 is 0 Å². The predicted octanol–water partition coefficient (Wildman–Crippen LogP) is 9.29. The number of nitrogens with zero attached hydrogens (tertiary/aromatic N) is 2. The molecule has 190 valence electrons. The molecule has 0 bridgehead atoms. The van der Waals surface area contributed by atoms with E-state index >= 15 is 0 Å². The largest absolute Gasteiger partial charge is 0.263 e. The van der Waals surface area contributed by atoms with Gasteiger partial charge in [0.25, 0.3) is 0 Å². The summed E-state index contributed by atoms with van der Waals surface area (Å²) in [6, 6.07) is 50.4. The van der Waals surface area contributed by atoms with Crippen LogP contribution in [0, 0.1) is 11.3 Å². The van der Waals surface area contributed by atoms with E-state index in [1.165, 1.54) is 49.5 Å². The average Bonchev–Trinajstić information content (AvgIpc) is 3.37. The first-order valence-corrected chi connectivity index (χ1v) is 13.9. The van der Waals surface area contributed by atoms with Crippen molar-refractivity contribution in [2.24, 2.45) is 0 Å². The fourth-order valence-corrected chi connectivity index (χ4v) is 6.99. The summed E-state index contributed by atoms with van der Waals surface area (Å²) in [6.07, 6.45) is 3.50. The van der Waals surface area contributed by atoms with Crippen LogP contribution in [0.2, 0.25) is 0 Å². The van der Waals surface area contributed by atoms with Crippen molar-refractivity contribution < 1.29 is 0 Å². The summed E-state index contributed by atoms with van der Waals surface area (Å²) in [4.78, 5) is 4.44. The van der Waals surface area contributed by atoms with Gasteiger partial charge in [-0.15, -0.1) is 0 Å². The molecule has 0 fully saturated rings. The molecule has 0 saturated carbocycles. The summed E-state index contributed by atoms with van der Waals surface area (Å²) < 4.78 is 0. The van der Waals surface area contributed by atoms with Crippen molar-refractivity contribution in [3.8, 4) is 28.3 Å². The highest BCUT2D eigenvalue weighted by Gasteiger charge is 2.47. The number of benzene rings is 6. The molecule has 2 heteroatoms. The van der Waals surface area contributed by atoms with Gasteiger partial charge >= 0.3 is 0 Å². The average molecular weight is 521 g/mol. The van der Waals surface area contributed by atoms with E-state index in [0.29, 0.717) is 5.56 Å². The maximum absolute atomic E-state index is 9.69. The highest BCUT2D eigenvalue weighted by molar-refractivity contribution is 6.15. The maximum atomic E-state index is 9.69. The van der Waals surface area contributed by atoms with Crippen LogP contribution in [0.25, 0.3) is 43.8 Å². The molecule has 0 spiro atoms. The van der Waals surface area contributed by atoms with E-state index < -0.39 is 5.41 Å². The van der Waals surface area contributed by atoms with Gasteiger partial charge in [-0.05, 0) is 72.6 Å². The van der Waals surface area contributed by atoms with Crippen LogP contribution in [0.4, 0.5) is 0 Å². The minimum atomic E-state index is -0.531. The van der Waals surface area contributed by atoms with Crippen molar-refractivity contribution in [1.29, 1.82) is 5.26 Å². The van der Waals surface area contributed by atoms with Crippen molar-refractivity contribution in [3.63, 3.8) is 0 Å². The summed E-state index contributed by atoms with van der Waals surface area (Å²) >= 11 is 0. The molecule has 0 radical (unpaired) electrons. The molecule has 0 amide bonds. The molecule has 0 N–H and O–H groups in total. The Kier molecular flexibility index (Phi) is 5.14. The molecular weight excluding hydrogens is 496 g/mol. The lowest BCUT2D eigenvalue weighted by molar-refractivity contribution is 0.770. The van der Waals surface area contributed by atoms with E-state index in [-0.39, 0.29) is 0 Å². The van der Waals surface area contributed by atoms with Crippen LogP contribution in [0.3, 0.4) is 0 Å². The first kappa shape index (κ1) is 23.4. The lowest BCUT2D eigenvalue weighted by Gasteiger charge is -2.34. The van der Waals surface area contributed by atoms with Gasteiger partial charge in [0.15, 0.2) is 0 Å². The third kappa shape index (κ3) is 3.27. The minimum Gasteiger partial charge on any atom is -0.263 e. The molecule has 7 aromatic rings. The molecule has 41 heavy (non-hydrogen) atoms. The second-order valence-corrected chi connectivity index (χ2v) is 10.7. The van der Waals surface area contributed by atoms with Gasteiger partial charge in [0.2, 0.25) is 0 Å². The predicted molar refractivity (Wildman–Crippen MR) is 167 cm³/mol. The lowest BCUT2D eigenvalue weighted by atomic mass is 9.67. The summed E-state index contributed by atoms with van der Waals surface area (Å²) in [5.74, 6) is 0. The number of pyridine rings is 1. The fourth-order valence-electron chi connectivity index (χ4n) is 6.99. The Balaban J connectivity index is 1.63. The zero-order valence-electron chi connectivity index (χ0n) is 22.3. The van der Waals surface area contributed by atoms with Crippen LogP contribution in [-0.4, -0.2) is 4.98 Å². The summed E-state index contributed by atoms with van der Waals surface area (Å²) in [5.41, 5.74) is 9.60. The third-order valence-electron chi connectivity index (χ3n) is 8.62. The van der Waals surface area contributed by atoms with Crippen LogP contribution >= 0.6 is 0 Å². The first-order valence-electron chi connectivity index (χ1n) is 13.9. The number of fused-ring (bicyclic) bond motifs is 7. The number of nitriles is 1. The summed E-state index contributed by atoms with van der Waals surface area (Å²) in [7, 11) is 0. The highest BCUT2D eigenvalue weighted by atomic mass is 14.6. The molecule has 1 aliphatic carbocycles. The van der Waals surface area contributed by atoms with E-state index in [2.05, 4.69) is 138 Å². The Bertz CT molecular complexity index is 2120. The SMILES string of the molecule is N#Cc1cncc(-c2cc3c(c4ccccc24)-c2c(ccc4ccccc24)C3(c2ccccc2)c2ccccc2)c1. The summed E-state index contributed by atoms with van der Waals surface area (Å²) in [6.45, 7) is 0. The van der Waals surface area contributed by atoms with E-state index in [9.17, 15) is 5.26 Å². The van der Waals surface area contributed by atoms with Gasteiger partial charge in [-0.25, -0.2) is 0 Å². The molecule has 2 nitrogen and oxygen atoms in total. The Hall–Kier alpha value is -5.52. The topological polar surface area (TPSA) is 36.7 Å². The minimum absolute atomic E-state index is 0.531. The van der Waals surface area contributed by atoms with Crippen molar-refractivity contribution in [1.82, 2.24) is 4.98 Å². The maximum Gasteiger partial charge on any atom is 0.101 e. The molecule has 1 heterocycles. The van der Waals surface area contributed by atoms with Crippen molar-refractivity contribution in [3.05, 3.63) is 174 Å². The third-order valence-corrected chi connectivity index (χ3v) is 8.62. The van der Waals surface area contributed by atoms with E-state index in [1.807, 2.05) is 12.3 Å². The second kappa shape index (κ2) is 9.01. The van der Waals surface area contributed by atoms with Crippen LogP contribution in [0.15, 0.2) is 146 Å². The smallest absolute Gasteiger partial charge is 0.101 e. The molecule has 0 atom stereocenters. The Labute approximate surface area is 238 Å². The molecule has 0 aliphatic heterocycles. The first-order chi connectivity index (χ1) is 20.3. The monoisotopic (exact) mass is 520 g/mol. The van der Waals surface area contributed by atoms with Crippen LogP contribution < -0.4 is 0 Å². The number of rotatable bonds is 3. The normalized spacial score (nSPS) is 13.0. The molecule has 6 aromatic carbocycles. The Morgan fingerprint density at radius 3 is 1.85 bits per heavy atom. The van der Waals surface area contributed by atoms with Gasteiger partial charge in [-0.2, -0.15) is 5.26 Å². The van der Waals surface area contributed by atoms with Gasteiger partial charge in [0.1, 0.15) is 6.07 Å². The second-order valence-electron chi connectivity index (χ2n) is 10.7. The van der Waals surface area contributed by atoms with E-state index in [4.69, 9.17) is 0 Å².